The zero-order valence-electron chi connectivity index (χ0n) is 23.8. The molecule has 0 unspecified atom stereocenters. The summed E-state index contributed by atoms with van der Waals surface area (Å²) < 4.78 is 26.9. The number of carbonyl (C=O) groups is 1. The first-order chi connectivity index (χ1) is 19.3. The Balaban J connectivity index is 1.47. The second-order valence-corrected chi connectivity index (χ2v) is 11.1. The van der Waals surface area contributed by atoms with Gasteiger partial charge in [0.2, 0.25) is 5.88 Å². The Labute approximate surface area is 236 Å². The number of methoxy groups -OCH3 is 1. The lowest BCUT2D eigenvalue weighted by Gasteiger charge is -2.29. The molecule has 2 aromatic carbocycles. The monoisotopic (exact) mass is 546 g/mol. The van der Waals surface area contributed by atoms with Crippen molar-refractivity contribution < 1.29 is 23.8 Å². The summed E-state index contributed by atoms with van der Waals surface area (Å²) >= 11 is 0. The van der Waals surface area contributed by atoms with Gasteiger partial charge < -0.3 is 14.6 Å². The fourth-order valence-corrected chi connectivity index (χ4v) is 6.04. The molecule has 2 heterocycles. The predicted octanol–water partition coefficient (Wildman–Crippen LogP) is 7.02. The van der Waals surface area contributed by atoms with Crippen molar-refractivity contribution in [3.8, 4) is 22.8 Å². The van der Waals surface area contributed by atoms with Crippen LogP contribution in [-0.2, 0) is 17.8 Å². The van der Waals surface area contributed by atoms with E-state index in [2.05, 4.69) is 48.0 Å². The number of carboxylic acid groups (broad SMARTS) is 1. The molecule has 0 bridgehead atoms. The van der Waals surface area contributed by atoms with Crippen LogP contribution in [0.3, 0.4) is 0 Å². The van der Waals surface area contributed by atoms with Gasteiger partial charge in [0.1, 0.15) is 17.7 Å². The smallest absolute Gasteiger partial charge is 0.306 e. The van der Waals surface area contributed by atoms with Crippen molar-refractivity contribution in [1.82, 2.24) is 9.88 Å². The molecule has 5 rings (SSSR count). The van der Waals surface area contributed by atoms with Crippen LogP contribution in [0.5, 0.6) is 11.6 Å². The van der Waals surface area contributed by atoms with E-state index in [1.54, 1.807) is 6.07 Å². The molecule has 1 N–H and O–H groups in total. The summed E-state index contributed by atoms with van der Waals surface area (Å²) in [7, 11) is 1.53. The Kier molecular flexibility index (Phi) is 8.40. The standard InChI is InChI=1S/C33H39FN2O4/c1-5-36(6-2)19-25-15-23(11-13-26(25)27-17-31(39-4)35-18-28(27)34)29-14-12-21-7-10-24(16-30(21)40-29)32(22-8-9-22)20(3)33(37)38/h7,10-11,13,15-18,20,22,29,32H,5-6,8-9,12,14,19H2,1-4H3,(H,37,38)/t20-,29-,32-/m0/s1. The zero-order valence-corrected chi connectivity index (χ0v) is 23.8. The Bertz CT molecular complexity index is 1370. The lowest BCUT2D eigenvalue weighted by Crippen LogP contribution is -2.23. The van der Waals surface area contributed by atoms with Gasteiger partial charge in [0.25, 0.3) is 0 Å². The van der Waals surface area contributed by atoms with E-state index in [1.807, 2.05) is 19.1 Å². The van der Waals surface area contributed by atoms with Gasteiger partial charge in [-0.1, -0.05) is 51.1 Å². The molecule has 7 heteroatoms. The van der Waals surface area contributed by atoms with Crippen molar-refractivity contribution in [2.24, 2.45) is 11.8 Å². The fraction of sp³-hybridized carbons (Fsp3) is 0.455. The molecule has 0 spiro atoms. The summed E-state index contributed by atoms with van der Waals surface area (Å²) in [5, 5.41) is 9.73. The maximum absolute atomic E-state index is 15.0. The summed E-state index contributed by atoms with van der Waals surface area (Å²) in [6, 6.07) is 14.1. The van der Waals surface area contributed by atoms with Crippen LogP contribution in [0.4, 0.5) is 4.39 Å². The minimum absolute atomic E-state index is 0.000941. The van der Waals surface area contributed by atoms with E-state index < -0.39 is 11.9 Å². The van der Waals surface area contributed by atoms with Gasteiger partial charge in [-0.25, -0.2) is 9.37 Å². The van der Waals surface area contributed by atoms with Crippen LogP contribution in [0.1, 0.15) is 74.3 Å². The molecule has 40 heavy (non-hydrogen) atoms. The van der Waals surface area contributed by atoms with Crippen LogP contribution in [0.15, 0.2) is 48.7 Å². The summed E-state index contributed by atoms with van der Waals surface area (Å²) in [6.07, 6.45) is 4.95. The first-order valence-electron chi connectivity index (χ1n) is 14.4. The van der Waals surface area contributed by atoms with Gasteiger partial charge in [0.15, 0.2) is 0 Å². The first kappa shape index (κ1) is 28.1. The number of aryl methyl sites for hydroxylation is 1. The van der Waals surface area contributed by atoms with Gasteiger partial charge in [-0.2, -0.15) is 0 Å². The molecular weight excluding hydrogens is 507 g/mol. The van der Waals surface area contributed by atoms with E-state index in [0.29, 0.717) is 23.9 Å². The van der Waals surface area contributed by atoms with Gasteiger partial charge in [-0.05, 0) is 84.5 Å². The van der Waals surface area contributed by atoms with Gasteiger partial charge in [0, 0.05) is 18.2 Å². The van der Waals surface area contributed by atoms with E-state index in [0.717, 1.165) is 72.3 Å². The number of nitrogens with zero attached hydrogens (tertiary/aromatic N) is 2. The number of aromatic nitrogens is 1. The third-order valence-electron chi connectivity index (χ3n) is 8.60. The van der Waals surface area contributed by atoms with Crippen LogP contribution in [-0.4, -0.2) is 41.2 Å². The number of benzene rings is 2. The molecule has 1 fully saturated rings. The van der Waals surface area contributed by atoms with Crippen molar-refractivity contribution in [2.75, 3.05) is 20.2 Å². The summed E-state index contributed by atoms with van der Waals surface area (Å²) in [4.78, 5) is 18.2. The van der Waals surface area contributed by atoms with Crippen LogP contribution in [0, 0.1) is 17.7 Å². The topological polar surface area (TPSA) is 71.9 Å². The van der Waals surface area contributed by atoms with Gasteiger partial charge in [-0.3, -0.25) is 9.69 Å². The number of hydrogen-bond donors (Lipinski definition) is 1. The minimum Gasteiger partial charge on any atom is -0.485 e. The van der Waals surface area contributed by atoms with Crippen molar-refractivity contribution in [3.63, 3.8) is 0 Å². The van der Waals surface area contributed by atoms with Crippen LogP contribution in [0.25, 0.3) is 11.1 Å². The van der Waals surface area contributed by atoms with Gasteiger partial charge >= 0.3 is 5.97 Å². The van der Waals surface area contributed by atoms with E-state index in [9.17, 15) is 14.3 Å². The number of halogens is 1. The van der Waals surface area contributed by atoms with Crippen molar-refractivity contribution in [1.29, 1.82) is 0 Å². The third-order valence-corrected chi connectivity index (χ3v) is 8.60. The second-order valence-electron chi connectivity index (χ2n) is 11.1. The quantitative estimate of drug-likeness (QED) is 0.279. The van der Waals surface area contributed by atoms with Gasteiger partial charge in [-0.15, -0.1) is 0 Å². The highest BCUT2D eigenvalue weighted by Crippen LogP contribution is 2.48. The lowest BCUT2D eigenvalue weighted by atomic mass is 9.82. The average Bonchev–Trinajstić information content (AvgIpc) is 3.81. The summed E-state index contributed by atoms with van der Waals surface area (Å²) in [5.74, 6) is 0.0653. The van der Waals surface area contributed by atoms with Crippen LogP contribution < -0.4 is 9.47 Å². The zero-order chi connectivity index (χ0) is 28.4. The summed E-state index contributed by atoms with van der Waals surface area (Å²) in [6.45, 7) is 8.52. The number of ether oxygens (including phenoxy) is 2. The van der Waals surface area contributed by atoms with Crippen molar-refractivity contribution >= 4 is 5.97 Å². The fourth-order valence-electron chi connectivity index (χ4n) is 6.04. The number of aliphatic carboxylic acids is 1. The highest BCUT2D eigenvalue weighted by Gasteiger charge is 2.39. The van der Waals surface area contributed by atoms with Crippen LogP contribution >= 0.6 is 0 Å². The van der Waals surface area contributed by atoms with Crippen molar-refractivity contribution in [3.05, 3.63) is 76.7 Å². The molecule has 0 radical (unpaired) electrons. The molecule has 1 aromatic heterocycles. The number of carboxylic acids is 1. The van der Waals surface area contributed by atoms with E-state index >= 15 is 0 Å². The molecule has 3 aromatic rings. The van der Waals surface area contributed by atoms with Crippen molar-refractivity contribution in [2.45, 2.75) is 65.0 Å². The molecule has 1 saturated carbocycles. The Morgan fingerprint density at radius 3 is 2.58 bits per heavy atom. The highest BCUT2D eigenvalue weighted by atomic mass is 19.1. The highest BCUT2D eigenvalue weighted by molar-refractivity contribution is 5.71. The van der Waals surface area contributed by atoms with E-state index in [4.69, 9.17) is 9.47 Å². The molecule has 2 aliphatic rings. The molecule has 1 aliphatic carbocycles. The number of rotatable bonds is 11. The average molecular weight is 547 g/mol. The molecule has 0 amide bonds. The maximum atomic E-state index is 15.0. The SMILES string of the molecule is CCN(CC)Cc1cc([C@@H]2CCc3ccc([C@H](C4CC4)[C@H](C)C(=O)O)cc3O2)ccc1-c1cc(OC)ncc1F. The van der Waals surface area contributed by atoms with E-state index in [-0.39, 0.29) is 17.8 Å². The third kappa shape index (κ3) is 5.85. The lowest BCUT2D eigenvalue weighted by molar-refractivity contribution is -0.142. The maximum Gasteiger partial charge on any atom is 0.306 e. The van der Waals surface area contributed by atoms with Gasteiger partial charge in [0.05, 0.1) is 19.2 Å². The Hall–Kier alpha value is -3.45. The summed E-state index contributed by atoms with van der Waals surface area (Å²) in [5.41, 5.74) is 5.59. The Morgan fingerprint density at radius 2 is 1.90 bits per heavy atom. The molecule has 6 nitrogen and oxygen atoms in total. The molecular formula is C33H39FN2O4. The molecule has 0 saturated heterocycles. The van der Waals surface area contributed by atoms with Crippen LogP contribution in [0.2, 0.25) is 0 Å². The molecule has 3 atom stereocenters. The Morgan fingerprint density at radius 1 is 1.12 bits per heavy atom. The number of pyridine rings is 1. The molecule has 1 aliphatic heterocycles. The number of hydrogen-bond acceptors (Lipinski definition) is 5. The second kappa shape index (κ2) is 12.0. The minimum atomic E-state index is -0.752. The predicted molar refractivity (Wildman–Crippen MR) is 153 cm³/mol. The molecule has 212 valence electrons. The number of fused-ring (bicyclic) bond motifs is 1. The largest absolute Gasteiger partial charge is 0.485 e. The normalized spacial score (nSPS) is 18.1. The first-order valence-corrected chi connectivity index (χ1v) is 14.4. The van der Waals surface area contributed by atoms with E-state index in [1.165, 1.54) is 13.3 Å².